The number of nitrogens with two attached hydrogens (primary N) is 1. The minimum atomic E-state index is -4.40. The first-order valence-electron chi connectivity index (χ1n) is 24.5. The van der Waals surface area contributed by atoms with E-state index in [1.54, 1.807) is 6.08 Å². The maximum Gasteiger partial charge on any atom is 0.472 e. The zero-order chi connectivity index (χ0) is 42.6. The van der Waals surface area contributed by atoms with Crippen LogP contribution in [0.25, 0.3) is 0 Å². The van der Waals surface area contributed by atoms with Crippen molar-refractivity contribution in [2.24, 2.45) is 5.73 Å². The fourth-order valence-electron chi connectivity index (χ4n) is 7.35. The van der Waals surface area contributed by atoms with Crippen LogP contribution in [0, 0.1) is 0 Å². The molecule has 0 fully saturated rings. The molecule has 10 heteroatoms. The van der Waals surface area contributed by atoms with Crippen LogP contribution in [0.1, 0.15) is 239 Å². The standard InChI is InChI=1S/C48H95N2O7P/c1-3-5-7-9-11-13-15-17-19-20-21-22-23-24-26-27-29-31-33-35-37-39-45(51)43-48(53)50-46(44-57-58(54,55)56-42-41-49)47(52)40-38-36-34-32-30-28-25-18-16-14-12-10-8-6-4-2/h24,26,38,40,45-47,51-52H,3-23,25,27-37,39,41-44,49H2,1-2H3,(H,50,53)(H,54,55)/b26-24-,40-38+. The van der Waals surface area contributed by atoms with Crippen molar-refractivity contribution in [1.82, 2.24) is 5.32 Å². The molecule has 6 N–H and O–H groups in total. The number of hydrogen-bond donors (Lipinski definition) is 5. The van der Waals surface area contributed by atoms with Gasteiger partial charge in [0.15, 0.2) is 0 Å². The van der Waals surface area contributed by atoms with Crippen LogP contribution in [-0.2, 0) is 18.4 Å². The molecule has 0 saturated heterocycles. The van der Waals surface area contributed by atoms with E-state index in [1.807, 2.05) is 6.08 Å². The number of aliphatic hydroxyl groups is 2. The SMILES string of the molecule is CCCCCCCCCCCCCC/C=C\CCCCCCCC(O)CC(=O)NC(COP(=O)(O)OCCN)C(O)/C=C/CCCCCCCCCCCCCCC. The maximum absolute atomic E-state index is 12.8. The highest BCUT2D eigenvalue weighted by Gasteiger charge is 2.27. The van der Waals surface area contributed by atoms with Gasteiger partial charge in [-0.3, -0.25) is 13.8 Å². The van der Waals surface area contributed by atoms with Gasteiger partial charge in [0.2, 0.25) is 5.91 Å². The van der Waals surface area contributed by atoms with Crippen LogP contribution in [0.15, 0.2) is 24.3 Å². The van der Waals surface area contributed by atoms with Gasteiger partial charge in [-0.05, 0) is 44.9 Å². The van der Waals surface area contributed by atoms with Crippen LogP contribution in [0.5, 0.6) is 0 Å². The van der Waals surface area contributed by atoms with Gasteiger partial charge in [-0.2, -0.15) is 0 Å². The zero-order valence-electron chi connectivity index (χ0n) is 37.9. The largest absolute Gasteiger partial charge is 0.472 e. The van der Waals surface area contributed by atoms with Crippen molar-refractivity contribution in [3.8, 4) is 0 Å². The van der Waals surface area contributed by atoms with Crippen molar-refractivity contribution in [1.29, 1.82) is 0 Å². The van der Waals surface area contributed by atoms with Crippen molar-refractivity contribution in [3.05, 3.63) is 24.3 Å². The smallest absolute Gasteiger partial charge is 0.393 e. The molecule has 58 heavy (non-hydrogen) atoms. The number of unbranched alkanes of at least 4 members (excludes halogenated alkanes) is 30. The van der Waals surface area contributed by atoms with Crippen LogP contribution < -0.4 is 11.1 Å². The van der Waals surface area contributed by atoms with Crippen LogP contribution >= 0.6 is 7.82 Å². The number of phosphoric acid groups is 1. The molecule has 4 atom stereocenters. The fraction of sp³-hybridized carbons (Fsp3) is 0.896. The first-order chi connectivity index (χ1) is 28.3. The Labute approximate surface area is 358 Å². The molecule has 0 saturated carbocycles. The Kier molecular flexibility index (Phi) is 43.2. The minimum Gasteiger partial charge on any atom is -0.393 e. The summed E-state index contributed by atoms with van der Waals surface area (Å²) in [4.78, 5) is 22.8. The summed E-state index contributed by atoms with van der Waals surface area (Å²) >= 11 is 0. The lowest BCUT2D eigenvalue weighted by Crippen LogP contribution is -2.46. The van der Waals surface area contributed by atoms with E-state index in [4.69, 9.17) is 14.8 Å². The molecule has 0 aromatic rings. The summed E-state index contributed by atoms with van der Waals surface area (Å²) in [6.07, 6.45) is 48.4. The van der Waals surface area contributed by atoms with Crippen LogP contribution in [0.4, 0.5) is 0 Å². The monoisotopic (exact) mass is 843 g/mol. The molecule has 0 aliphatic carbocycles. The van der Waals surface area contributed by atoms with Crippen LogP contribution in [0.3, 0.4) is 0 Å². The molecular weight excluding hydrogens is 748 g/mol. The van der Waals surface area contributed by atoms with Crippen molar-refractivity contribution < 1.29 is 33.5 Å². The molecule has 0 heterocycles. The van der Waals surface area contributed by atoms with E-state index < -0.39 is 38.6 Å². The summed E-state index contributed by atoms with van der Waals surface area (Å²) in [6.45, 7) is 3.99. The van der Waals surface area contributed by atoms with Gasteiger partial charge < -0.3 is 26.2 Å². The molecule has 0 aliphatic heterocycles. The number of hydrogen-bond acceptors (Lipinski definition) is 7. The lowest BCUT2D eigenvalue weighted by atomic mass is 10.0. The summed E-state index contributed by atoms with van der Waals surface area (Å²) in [6, 6.07) is -0.983. The van der Waals surface area contributed by atoms with Crippen molar-refractivity contribution in [2.45, 2.75) is 257 Å². The molecular formula is C48H95N2O7P. The predicted octanol–water partition coefficient (Wildman–Crippen LogP) is 13.1. The predicted molar refractivity (Wildman–Crippen MR) is 246 cm³/mol. The third kappa shape index (κ3) is 41.7. The second-order valence-corrected chi connectivity index (χ2v) is 18.3. The lowest BCUT2D eigenvalue weighted by molar-refractivity contribution is -0.124. The Morgan fingerprint density at radius 1 is 0.586 bits per heavy atom. The van der Waals surface area contributed by atoms with Crippen LogP contribution in [-0.4, -0.2) is 59.0 Å². The van der Waals surface area contributed by atoms with Gasteiger partial charge in [0.1, 0.15) is 0 Å². The van der Waals surface area contributed by atoms with Crippen LogP contribution in [0.2, 0.25) is 0 Å². The van der Waals surface area contributed by atoms with E-state index in [9.17, 15) is 24.5 Å². The molecule has 9 nitrogen and oxygen atoms in total. The number of aliphatic hydroxyl groups excluding tert-OH is 2. The molecule has 0 aromatic carbocycles. The first kappa shape index (κ1) is 56.9. The quantitative estimate of drug-likeness (QED) is 0.0231. The Hall–Kier alpha value is -1.06. The van der Waals surface area contributed by atoms with Gasteiger partial charge in [-0.25, -0.2) is 4.57 Å². The van der Waals surface area contributed by atoms with E-state index in [0.717, 1.165) is 51.4 Å². The molecule has 1 amide bonds. The zero-order valence-corrected chi connectivity index (χ0v) is 38.8. The second-order valence-electron chi connectivity index (χ2n) is 16.9. The molecule has 0 spiro atoms. The topological polar surface area (TPSA) is 151 Å². The Balaban J connectivity index is 4.20. The van der Waals surface area contributed by atoms with Crippen molar-refractivity contribution in [3.63, 3.8) is 0 Å². The van der Waals surface area contributed by atoms with Gasteiger partial charge in [0, 0.05) is 6.54 Å². The number of phosphoric ester groups is 1. The highest BCUT2D eigenvalue weighted by Crippen LogP contribution is 2.43. The molecule has 0 rings (SSSR count). The highest BCUT2D eigenvalue weighted by molar-refractivity contribution is 7.47. The number of allylic oxidation sites excluding steroid dienone is 3. The van der Waals surface area contributed by atoms with E-state index in [1.165, 1.54) is 161 Å². The van der Waals surface area contributed by atoms with E-state index in [0.29, 0.717) is 6.42 Å². The van der Waals surface area contributed by atoms with Crippen molar-refractivity contribution in [2.75, 3.05) is 19.8 Å². The average Bonchev–Trinajstić information content (AvgIpc) is 3.20. The lowest BCUT2D eigenvalue weighted by Gasteiger charge is -2.24. The Bertz CT molecular complexity index is 982. The number of carbonyl (C=O) groups excluding carboxylic acids is 1. The summed E-state index contributed by atoms with van der Waals surface area (Å²) < 4.78 is 22.1. The third-order valence-electron chi connectivity index (χ3n) is 11.1. The van der Waals surface area contributed by atoms with Gasteiger partial charge >= 0.3 is 7.82 Å². The molecule has 0 aromatic heterocycles. The van der Waals surface area contributed by atoms with E-state index in [2.05, 4.69) is 31.3 Å². The summed E-state index contributed by atoms with van der Waals surface area (Å²) in [5.74, 6) is -0.448. The first-order valence-corrected chi connectivity index (χ1v) is 26.0. The van der Waals surface area contributed by atoms with E-state index in [-0.39, 0.29) is 19.6 Å². The van der Waals surface area contributed by atoms with E-state index >= 15 is 0 Å². The third-order valence-corrected chi connectivity index (χ3v) is 12.1. The second kappa shape index (κ2) is 44.0. The highest BCUT2D eigenvalue weighted by atomic mass is 31.2. The van der Waals surface area contributed by atoms with Gasteiger partial charge in [-0.15, -0.1) is 0 Å². The van der Waals surface area contributed by atoms with Gasteiger partial charge in [0.25, 0.3) is 0 Å². The van der Waals surface area contributed by atoms with Gasteiger partial charge in [-0.1, -0.05) is 212 Å². The Morgan fingerprint density at radius 3 is 1.38 bits per heavy atom. The molecule has 4 unspecified atom stereocenters. The summed E-state index contributed by atoms with van der Waals surface area (Å²) in [5, 5.41) is 24.1. The average molecular weight is 843 g/mol. The summed E-state index contributed by atoms with van der Waals surface area (Å²) in [7, 11) is -4.40. The van der Waals surface area contributed by atoms with Gasteiger partial charge in [0.05, 0.1) is 37.9 Å². The summed E-state index contributed by atoms with van der Waals surface area (Å²) in [5.41, 5.74) is 5.37. The molecule has 344 valence electrons. The Morgan fingerprint density at radius 2 is 0.966 bits per heavy atom. The normalized spacial score (nSPS) is 14.7. The molecule has 0 aliphatic rings. The number of carbonyl (C=O) groups is 1. The molecule has 0 radical (unpaired) electrons. The molecule has 0 bridgehead atoms. The minimum absolute atomic E-state index is 0.0490. The number of amides is 1. The fourth-order valence-corrected chi connectivity index (χ4v) is 8.11. The number of nitrogens with one attached hydrogen (secondary N) is 1. The number of rotatable bonds is 46. The van der Waals surface area contributed by atoms with Crippen molar-refractivity contribution >= 4 is 13.7 Å². The maximum atomic E-state index is 12.8.